The van der Waals surface area contributed by atoms with Crippen LogP contribution in [-0.2, 0) is 5.41 Å². The standard InChI is InChI=1S/C29H30ClN/c1-20(26-8-5-13-31-27(26)23-6-3-2-4-7-23)28-15-21-14-22(16-28)18-29(17-21,19-28)24-9-11-25(30)12-10-24/h2-13,20-22H,14-19H2,1H3. The number of benzene rings is 2. The van der Waals surface area contributed by atoms with E-state index in [0.717, 1.165) is 16.9 Å². The highest BCUT2D eigenvalue weighted by atomic mass is 35.5. The molecule has 0 spiro atoms. The molecule has 2 heteroatoms. The van der Waals surface area contributed by atoms with Gasteiger partial charge in [-0.25, -0.2) is 0 Å². The normalized spacial score (nSPS) is 32.2. The molecule has 4 aliphatic carbocycles. The van der Waals surface area contributed by atoms with Crippen LogP contribution in [-0.4, -0.2) is 4.98 Å². The molecule has 0 N–H and O–H groups in total. The molecule has 1 aromatic heterocycles. The minimum atomic E-state index is 0.331. The fourth-order valence-electron chi connectivity index (χ4n) is 7.92. The molecular weight excluding hydrogens is 398 g/mol. The van der Waals surface area contributed by atoms with Crippen LogP contribution >= 0.6 is 11.6 Å². The number of nitrogens with zero attached hydrogens (tertiary/aromatic N) is 1. The number of pyridine rings is 1. The molecule has 4 saturated carbocycles. The van der Waals surface area contributed by atoms with Crippen molar-refractivity contribution < 1.29 is 0 Å². The SMILES string of the molecule is CC(c1cccnc1-c1ccccc1)C12CC3CC(CC(c4ccc(Cl)cc4)(C3)C1)C2. The second-order valence-corrected chi connectivity index (χ2v) is 11.1. The number of aromatic nitrogens is 1. The second-order valence-electron chi connectivity index (χ2n) is 10.6. The molecule has 1 heterocycles. The molecule has 2 aromatic carbocycles. The number of hydrogen-bond donors (Lipinski definition) is 0. The lowest BCUT2D eigenvalue weighted by Gasteiger charge is -2.64. The highest BCUT2D eigenvalue weighted by molar-refractivity contribution is 6.30. The summed E-state index contributed by atoms with van der Waals surface area (Å²) in [6.07, 6.45) is 10.2. The predicted octanol–water partition coefficient (Wildman–Crippen LogP) is 8.04. The van der Waals surface area contributed by atoms with Gasteiger partial charge in [-0.3, -0.25) is 4.98 Å². The van der Waals surface area contributed by atoms with E-state index < -0.39 is 0 Å². The minimum absolute atomic E-state index is 0.331. The van der Waals surface area contributed by atoms with Crippen LogP contribution in [0.25, 0.3) is 11.3 Å². The van der Waals surface area contributed by atoms with Gasteiger partial charge in [0.05, 0.1) is 5.69 Å². The lowest BCUT2D eigenvalue weighted by molar-refractivity contribution is -0.0838. The van der Waals surface area contributed by atoms with Crippen molar-refractivity contribution in [3.8, 4) is 11.3 Å². The average molecular weight is 428 g/mol. The minimum Gasteiger partial charge on any atom is -0.256 e. The van der Waals surface area contributed by atoms with E-state index in [2.05, 4.69) is 73.7 Å². The Morgan fingerprint density at radius 1 is 0.871 bits per heavy atom. The Hall–Kier alpha value is -2.12. The molecule has 3 atom stereocenters. The van der Waals surface area contributed by atoms with Gasteiger partial charge in [-0.2, -0.15) is 0 Å². The van der Waals surface area contributed by atoms with Crippen LogP contribution in [0.1, 0.15) is 62.5 Å². The molecule has 31 heavy (non-hydrogen) atoms. The Labute approximate surface area is 190 Å². The van der Waals surface area contributed by atoms with E-state index in [1.54, 1.807) is 0 Å². The third kappa shape index (κ3) is 3.16. The first-order valence-corrected chi connectivity index (χ1v) is 12.2. The van der Waals surface area contributed by atoms with Gasteiger partial charge in [0.1, 0.15) is 0 Å². The number of hydrogen-bond acceptors (Lipinski definition) is 1. The Bertz CT molecular complexity index is 1070. The lowest BCUT2D eigenvalue weighted by atomic mass is 9.40. The van der Waals surface area contributed by atoms with E-state index in [1.165, 1.54) is 60.9 Å². The fourth-order valence-corrected chi connectivity index (χ4v) is 8.04. The second kappa shape index (κ2) is 7.20. The smallest absolute Gasteiger partial charge is 0.0736 e. The third-order valence-electron chi connectivity index (χ3n) is 8.83. The van der Waals surface area contributed by atoms with Crippen LogP contribution < -0.4 is 0 Å². The van der Waals surface area contributed by atoms with Gasteiger partial charge in [0.25, 0.3) is 0 Å². The molecule has 0 amide bonds. The largest absolute Gasteiger partial charge is 0.256 e. The van der Waals surface area contributed by atoms with Crippen LogP contribution in [0.2, 0.25) is 5.02 Å². The highest BCUT2D eigenvalue weighted by Crippen LogP contribution is 2.69. The van der Waals surface area contributed by atoms with Crippen molar-refractivity contribution in [3.05, 3.63) is 89.1 Å². The number of rotatable bonds is 4. The first kappa shape index (κ1) is 19.6. The van der Waals surface area contributed by atoms with Gasteiger partial charge in [-0.1, -0.05) is 67.1 Å². The molecule has 0 radical (unpaired) electrons. The van der Waals surface area contributed by atoms with E-state index in [9.17, 15) is 0 Å². The Kier molecular flexibility index (Phi) is 4.54. The summed E-state index contributed by atoms with van der Waals surface area (Å²) in [6, 6.07) is 24.0. The Morgan fingerprint density at radius 3 is 2.29 bits per heavy atom. The zero-order valence-electron chi connectivity index (χ0n) is 18.2. The molecule has 0 aliphatic heterocycles. The lowest BCUT2D eigenvalue weighted by Crippen LogP contribution is -2.55. The molecule has 4 aliphatic rings. The van der Waals surface area contributed by atoms with Gasteiger partial charge in [0.15, 0.2) is 0 Å². The summed E-state index contributed by atoms with van der Waals surface area (Å²) < 4.78 is 0. The van der Waals surface area contributed by atoms with Crippen molar-refractivity contribution in [2.24, 2.45) is 17.3 Å². The van der Waals surface area contributed by atoms with Crippen molar-refractivity contribution in [2.45, 2.75) is 56.8 Å². The maximum Gasteiger partial charge on any atom is 0.0736 e. The molecule has 7 rings (SSSR count). The molecule has 3 unspecified atom stereocenters. The molecular formula is C29H30ClN. The first-order valence-electron chi connectivity index (χ1n) is 11.8. The molecule has 4 fully saturated rings. The summed E-state index contributed by atoms with van der Waals surface area (Å²) in [7, 11) is 0. The zero-order chi connectivity index (χ0) is 21.1. The van der Waals surface area contributed by atoms with Gasteiger partial charge in [0.2, 0.25) is 0 Å². The van der Waals surface area contributed by atoms with Gasteiger partial charge in [0, 0.05) is 16.8 Å². The van der Waals surface area contributed by atoms with Gasteiger partial charge < -0.3 is 0 Å². The average Bonchev–Trinajstić information content (AvgIpc) is 2.79. The van der Waals surface area contributed by atoms with Gasteiger partial charge in [-0.15, -0.1) is 0 Å². The van der Waals surface area contributed by atoms with Crippen LogP contribution in [0.15, 0.2) is 72.9 Å². The van der Waals surface area contributed by atoms with Crippen molar-refractivity contribution in [3.63, 3.8) is 0 Å². The highest BCUT2D eigenvalue weighted by Gasteiger charge is 2.59. The van der Waals surface area contributed by atoms with Crippen LogP contribution in [0.3, 0.4) is 0 Å². The van der Waals surface area contributed by atoms with Gasteiger partial charge >= 0.3 is 0 Å². The zero-order valence-corrected chi connectivity index (χ0v) is 19.0. The predicted molar refractivity (Wildman–Crippen MR) is 128 cm³/mol. The summed E-state index contributed by atoms with van der Waals surface area (Å²) >= 11 is 6.25. The number of halogens is 1. The third-order valence-corrected chi connectivity index (χ3v) is 9.09. The Balaban J connectivity index is 1.42. The summed E-state index contributed by atoms with van der Waals surface area (Å²) in [5.41, 5.74) is 6.07. The summed E-state index contributed by atoms with van der Waals surface area (Å²) in [4.78, 5) is 4.87. The van der Waals surface area contributed by atoms with Gasteiger partial charge in [-0.05, 0) is 96.4 Å². The summed E-state index contributed by atoms with van der Waals surface area (Å²) in [6.45, 7) is 2.49. The van der Waals surface area contributed by atoms with Crippen molar-refractivity contribution in [1.29, 1.82) is 0 Å². The monoisotopic (exact) mass is 427 g/mol. The quantitative estimate of drug-likeness (QED) is 0.410. The summed E-state index contributed by atoms with van der Waals surface area (Å²) in [5, 5.41) is 0.847. The fraction of sp³-hybridized carbons (Fsp3) is 0.414. The van der Waals surface area contributed by atoms with E-state index >= 15 is 0 Å². The van der Waals surface area contributed by atoms with E-state index in [4.69, 9.17) is 16.6 Å². The maximum atomic E-state index is 6.25. The first-order chi connectivity index (χ1) is 15.1. The Morgan fingerprint density at radius 2 is 1.58 bits per heavy atom. The maximum absolute atomic E-state index is 6.25. The van der Waals surface area contributed by atoms with E-state index in [-0.39, 0.29) is 0 Å². The molecule has 0 saturated heterocycles. The van der Waals surface area contributed by atoms with Crippen molar-refractivity contribution >= 4 is 11.6 Å². The van der Waals surface area contributed by atoms with Crippen molar-refractivity contribution in [1.82, 2.24) is 4.98 Å². The molecule has 3 aromatic rings. The van der Waals surface area contributed by atoms with Crippen LogP contribution in [0.5, 0.6) is 0 Å². The summed E-state index contributed by atoms with van der Waals surface area (Å²) in [5.74, 6) is 2.22. The van der Waals surface area contributed by atoms with Crippen molar-refractivity contribution in [2.75, 3.05) is 0 Å². The van der Waals surface area contributed by atoms with E-state index in [1.807, 2.05) is 6.20 Å². The molecule has 1 nitrogen and oxygen atoms in total. The topological polar surface area (TPSA) is 12.9 Å². The molecule has 4 bridgehead atoms. The van der Waals surface area contributed by atoms with Crippen LogP contribution in [0.4, 0.5) is 0 Å². The molecule has 158 valence electrons. The van der Waals surface area contributed by atoms with E-state index in [0.29, 0.717) is 16.7 Å². The van der Waals surface area contributed by atoms with Crippen LogP contribution in [0, 0.1) is 17.3 Å².